The Labute approximate surface area is 102 Å². The maximum atomic E-state index is 12.8. The highest BCUT2D eigenvalue weighted by atomic mass is 19.4. The molecule has 2 aliphatic rings. The molecule has 0 spiro atoms. The molecule has 0 saturated heterocycles. The topological polar surface area (TPSA) is 21.6 Å². The molecule has 0 unspecified atom stereocenters. The highest BCUT2D eigenvalue weighted by molar-refractivity contribution is 6.07. The van der Waals surface area contributed by atoms with Crippen LogP contribution in [0.25, 0.3) is 0 Å². The van der Waals surface area contributed by atoms with Gasteiger partial charge in [0.1, 0.15) is 5.75 Å². The Bertz CT molecular complexity index is 503. The van der Waals surface area contributed by atoms with Crippen LogP contribution in [0, 0.1) is 5.92 Å². The van der Waals surface area contributed by atoms with Crippen molar-refractivity contribution >= 4 is 5.71 Å². The summed E-state index contributed by atoms with van der Waals surface area (Å²) < 4.78 is 43.8. The summed E-state index contributed by atoms with van der Waals surface area (Å²) in [5, 5.41) is 0. The number of aliphatic imine (C=N–C) groups is 1. The maximum absolute atomic E-state index is 12.8. The van der Waals surface area contributed by atoms with Crippen molar-refractivity contribution in [1.29, 1.82) is 0 Å². The van der Waals surface area contributed by atoms with E-state index in [1.807, 2.05) is 6.07 Å². The van der Waals surface area contributed by atoms with Crippen LogP contribution in [0.2, 0.25) is 0 Å². The molecule has 3 rings (SSSR count). The lowest BCUT2D eigenvalue weighted by Gasteiger charge is -2.21. The average molecular weight is 255 g/mol. The molecule has 96 valence electrons. The first-order chi connectivity index (χ1) is 8.55. The fraction of sp³-hybridized carbons (Fsp3) is 0.462. The Kier molecular flexibility index (Phi) is 2.57. The summed E-state index contributed by atoms with van der Waals surface area (Å²) in [4.78, 5) is 3.45. The summed E-state index contributed by atoms with van der Waals surface area (Å²) in [6.07, 6.45) is -1.31. The highest BCUT2D eigenvalue weighted by Crippen LogP contribution is 2.39. The van der Waals surface area contributed by atoms with Crippen LogP contribution in [0.15, 0.2) is 23.2 Å². The van der Waals surface area contributed by atoms with Gasteiger partial charge in [-0.1, -0.05) is 12.1 Å². The van der Waals surface area contributed by atoms with E-state index in [2.05, 4.69) is 4.99 Å². The van der Waals surface area contributed by atoms with Gasteiger partial charge in [0.15, 0.2) is 12.4 Å². The van der Waals surface area contributed by atoms with Crippen molar-refractivity contribution in [1.82, 2.24) is 0 Å². The molecule has 1 aromatic rings. The van der Waals surface area contributed by atoms with Crippen LogP contribution < -0.4 is 4.74 Å². The summed E-state index contributed by atoms with van der Waals surface area (Å²) in [6, 6.07) is 4.92. The Morgan fingerprint density at radius 3 is 2.72 bits per heavy atom. The summed E-state index contributed by atoms with van der Waals surface area (Å²) >= 11 is 0. The van der Waals surface area contributed by atoms with Crippen molar-refractivity contribution in [3.63, 3.8) is 0 Å². The standard InChI is InChI=1S/C13H12F3NO/c14-13(15,16)12-10-3-1-2-9(6-8-4-5-8)11(10)18-7-17-12/h1-3,8H,4-7H2. The molecule has 0 N–H and O–H groups in total. The van der Waals surface area contributed by atoms with Crippen molar-refractivity contribution in [3.8, 4) is 5.75 Å². The normalized spacial score (nSPS) is 18.9. The summed E-state index contributed by atoms with van der Waals surface area (Å²) in [6.45, 7) is -0.247. The molecule has 0 radical (unpaired) electrons. The number of ether oxygens (including phenoxy) is 1. The molecule has 0 amide bonds. The lowest BCUT2D eigenvalue weighted by molar-refractivity contribution is -0.0591. The molecule has 0 atom stereocenters. The number of benzene rings is 1. The zero-order valence-electron chi connectivity index (χ0n) is 9.63. The monoisotopic (exact) mass is 255 g/mol. The van der Waals surface area contributed by atoms with Crippen molar-refractivity contribution in [2.24, 2.45) is 10.9 Å². The van der Waals surface area contributed by atoms with Gasteiger partial charge in [-0.15, -0.1) is 0 Å². The van der Waals surface area contributed by atoms with E-state index in [9.17, 15) is 13.2 Å². The number of fused-ring (bicyclic) bond motifs is 1. The second-order valence-electron chi connectivity index (χ2n) is 4.72. The van der Waals surface area contributed by atoms with E-state index >= 15 is 0 Å². The van der Waals surface area contributed by atoms with Gasteiger partial charge in [0, 0.05) is 5.56 Å². The van der Waals surface area contributed by atoms with E-state index in [0.717, 1.165) is 24.8 Å². The molecule has 5 heteroatoms. The average Bonchev–Trinajstić information content (AvgIpc) is 3.11. The Hall–Kier alpha value is -1.52. The van der Waals surface area contributed by atoms with Crippen LogP contribution in [0.4, 0.5) is 13.2 Å². The molecule has 1 aliphatic heterocycles. The third-order valence-corrected chi connectivity index (χ3v) is 3.26. The summed E-state index contributed by atoms with van der Waals surface area (Å²) in [5.74, 6) is 0.972. The van der Waals surface area contributed by atoms with Crippen LogP contribution in [0.3, 0.4) is 0 Å². The lowest BCUT2D eigenvalue weighted by atomic mass is 10.00. The Morgan fingerprint density at radius 1 is 1.28 bits per heavy atom. The SMILES string of the molecule is FC(F)(F)C1=NCOc2c(CC3CC3)cccc21. The molecule has 18 heavy (non-hydrogen) atoms. The van der Waals surface area contributed by atoms with Crippen molar-refractivity contribution in [2.45, 2.75) is 25.4 Å². The fourth-order valence-corrected chi connectivity index (χ4v) is 2.22. The number of hydrogen-bond donors (Lipinski definition) is 0. The number of halogens is 3. The van der Waals surface area contributed by atoms with Gasteiger partial charge >= 0.3 is 6.18 Å². The van der Waals surface area contributed by atoms with Gasteiger partial charge in [-0.25, -0.2) is 4.99 Å². The van der Waals surface area contributed by atoms with Gasteiger partial charge < -0.3 is 4.74 Å². The first kappa shape index (κ1) is 11.6. The van der Waals surface area contributed by atoms with Gasteiger partial charge in [-0.3, -0.25) is 0 Å². The van der Waals surface area contributed by atoms with Gasteiger partial charge in [0.25, 0.3) is 0 Å². The Morgan fingerprint density at radius 2 is 2.06 bits per heavy atom. The number of hydrogen-bond acceptors (Lipinski definition) is 2. The van der Waals surface area contributed by atoms with Crippen LogP contribution in [0.5, 0.6) is 5.75 Å². The zero-order chi connectivity index (χ0) is 12.8. The minimum Gasteiger partial charge on any atom is -0.470 e. The molecule has 1 aromatic carbocycles. The lowest BCUT2D eigenvalue weighted by Crippen LogP contribution is -2.28. The van der Waals surface area contributed by atoms with Crippen LogP contribution >= 0.6 is 0 Å². The predicted molar refractivity (Wildman–Crippen MR) is 61.0 cm³/mol. The number of alkyl halides is 3. The van der Waals surface area contributed by atoms with Gasteiger partial charge in [-0.2, -0.15) is 13.2 Å². The van der Waals surface area contributed by atoms with E-state index in [0.29, 0.717) is 11.7 Å². The second kappa shape index (κ2) is 4.00. The third kappa shape index (κ3) is 2.09. The highest BCUT2D eigenvalue weighted by Gasteiger charge is 2.40. The van der Waals surface area contributed by atoms with Crippen LogP contribution in [0.1, 0.15) is 24.0 Å². The minimum atomic E-state index is -4.42. The van der Waals surface area contributed by atoms with Gasteiger partial charge in [-0.05, 0) is 36.8 Å². The van der Waals surface area contributed by atoms with Gasteiger partial charge in [0.05, 0.1) is 0 Å². The number of rotatable bonds is 2. The van der Waals surface area contributed by atoms with E-state index in [1.165, 1.54) is 6.07 Å². The number of para-hydroxylation sites is 1. The van der Waals surface area contributed by atoms with Crippen molar-refractivity contribution in [2.75, 3.05) is 6.73 Å². The van der Waals surface area contributed by atoms with Crippen molar-refractivity contribution in [3.05, 3.63) is 29.3 Å². The molecule has 1 fully saturated rings. The van der Waals surface area contributed by atoms with E-state index < -0.39 is 11.9 Å². The molecular formula is C13H12F3NO. The molecule has 0 bridgehead atoms. The summed E-state index contributed by atoms with van der Waals surface area (Å²) in [7, 11) is 0. The first-order valence-corrected chi connectivity index (χ1v) is 5.92. The number of nitrogens with zero attached hydrogens (tertiary/aromatic N) is 1. The fourth-order valence-electron chi connectivity index (χ4n) is 2.22. The zero-order valence-corrected chi connectivity index (χ0v) is 9.63. The van der Waals surface area contributed by atoms with Crippen molar-refractivity contribution < 1.29 is 17.9 Å². The molecular weight excluding hydrogens is 243 g/mol. The quantitative estimate of drug-likeness (QED) is 0.794. The second-order valence-corrected chi connectivity index (χ2v) is 4.72. The molecule has 2 nitrogen and oxygen atoms in total. The minimum absolute atomic E-state index is 0.0758. The molecule has 0 aromatic heterocycles. The predicted octanol–water partition coefficient (Wildman–Crippen LogP) is 3.34. The molecule has 1 saturated carbocycles. The Balaban J connectivity index is 2.01. The molecule has 1 heterocycles. The maximum Gasteiger partial charge on any atom is 0.433 e. The third-order valence-electron chi connectivity index (χ3n) is 3.26. The molecule has 1 aliphatic carbocycles. The van der Waals surface area contributed by atoms with E-state index in [-0.39, 0.29) is 12.3 Å². The van der Waals surface area contributed by atoms with E-state index in [1.54, 1.807) is 6.07 Å². The van der Waals surface area contributed by atoms with Crippen LogP contribution in [-0.4, -0.2) is 18.6 Å². The van der Waals surface area contributed by atoms with Crippen LogP contribution in [-0.2, 0) is 6.42 Å². The largest absolute Gasteiger partial charge is 0.470 e. The summed E-state index contributed by atoms with van der Waals surface area (Å²) in [5.41, 5.74) is 0.125. The van der Waals surface area contributed by atoms with Gasteiger partial charge in [0.2, 0.25) is 0 Å². The van der Waals surface area contributed by atoms with E-state index in [4.69, 9.17) is 4.74 Å². The smallest absolute Gasteiger partial charge is 0.433 e. The first-order valence-electron chi connectivity index (χ1n) is 5.92.